The van der Waals surface area contributed by atoms with Gasteiger partial charge in [0.1, 0.15) is 0 Å². The molecule has 2 N–H and O–H groups in total. The van der Waals surface area contributed by atoms with E-state index in [0.717, 1.165) is 8.57 Å². The summed E-state index contributed by atoms with van der Waals surface area (Å²) in [6.07, 6.45) is 3.24. The number of nitrogens with one attached hydrogen (secondary N) is 2. The number of thiophene rings is 1. The number of hydrogen-bond acceptors (Lipinski definition) is 3. The number of aromatic amines is 1. The van der Waals surface area contributed by atoms with Crippen LogP contribution in [0.5, 0.6) is 0 Å². The van der Waals surface area contributed by atoms with E-state index < -0.39 is 0 Å². The van der Waals surface area contributed by atoms with Crippen molar-refractivity contribution in [2.75, 3.05) is 5.32 Å². The molecule has 0 spiro atoms. The average Bonchev–Trinajstić information content (AvgIpc) is 3.08. The lowest BCUT2D eigenvalue weighted by Crippen LogP contribution is -2.14. The molecule has 0 unspecified atom stereocenters. The second kappa shape index (κ2) is 5.86. The molecule has 2 aromatic heterocycles. The van der Waals surface area contributed by atoms with Gasteiger partial charge in [-0.1, -0.05) is 0 Å². The van der Waals surface area contributed by atoms with Crippen molar-refractivity contribution in [1.82, 2.24) is 9.55 Å². The summed E-state index contributed by atoms with van der Waals surface area (Å²) in [5, 5.41) is 4.65. The van der Waals surface area contributed by atoms with E-state index in [1.807, 2.05) is 11.4 Å². The quantitative estimate of drug-likeness (QED) is 0.651. The van der Waals surface area contributed by atoms with Crippen LogP contribution in [0.15, 0.2) is 52.9 Å². The smallest absolute Gasteiger partial charge is 0.322 e. The van der Waals surface area contributed by atoms with Gasteiger partial charge >= 0.3 is 5.69 Å². The third-order valence-electron chi connectivity index (χ3n) is 2.88. The van der Waals surface area contributed by atoms with Gasteiger partial charge in [-0.2, -0.15) is 0 Å². The lowest BCUT2D eigenvalue weighted by atomic mass is 10.2. The third-order valence-corrected chi connectivity index (χ3v) is 4.67. The second-order valence-corrected chi connectivity index (χ2v) is 7.08. The predicted molar refractivity (Wildman–Crippen MR) is 91.4 cm³/mol. The van der Waals surface area contributed by atoms with E-state index in [-0.39, 0.29) is 11.6 Å². The van der Waals surface area contributed by atoms with Crippen LogP contribution < -0.4 is 11.0 Å². The Kier molecular flexibility index (Phi) is 3.93. The number of hydrogen-bond donors (Lipinski definition) is 2. The number of carbonyl (C=O) groups is 1. The molecule has 0 atom stereocenters. The fraction of sp³-hybridized carbons (Fsp3) is 0. The van der Waals surface area contributed by atoms with Gasteiger partial charge in [-0.15, -0.1) is 11.3 Å². The van der Waals surface area contributed by atoms with Crippen molar-refractivity contribution in [3.05, 3.63) is 67.0 Å². The molecule has 0 aliphatic rings. The normalized spacial score (nSPS) is 10.5. The Hall–Kier alpha value is -1.87. The number of aromatic nitrogens is 2. The summed E-state index contributed by atoms with van der Waals surface area (Å²) < 4.78 is 2.56. The second-order valence-electron chi connectivity index (χ2n) is 4.28. The molecule has 7 heteroatoms. The summed E-state index contributed by atoms with van der Waals surface area (Å²) in [4.78, 5) is 26.1. The molecule has 0 aliphatic heterocycles. The molecule has 0 saturated carbocycles. The van der Waals surface area contributed by atoms with Crippen molar-refractivity contribution in [3.63, 3.8) is 0 Å². The molecule has 0 radical (unpaired) electrons. The monoisotopic (exact) mass is 411 g/mol. The maximum atomic E-state index is 12.0. The van der Waals surface area contributed by atoms with E-state index in [2.05, 4.69) is 32.9 Å². The minimum atomic E-state index is -0.195. The zero-order valence-electron chi connectivity index (χ0n) is 10.7. The molecular formula is C14H10IN3O2S. The van der Waals surface area contributed by atoms with Crippen LogP contribution in [-0.2, 0) is 0 Å². The van der Waals surface area contributed by atoms with Crippen LogP contribution in [0.3, 0.4) is 0 Å². The van der Waals surface area contributed by atoms with Crippen LogP contribution in [0.2, 0.25) is 0 Å². The van der Waals surface area contributed by atoms with E-state index in [1.165, 1.54) is 15.9 Å². The van der Waals surface area contributed by atoms with E-state index in [4.69, 9.17) is 0 Å². The highest BCUT2D eigenvalue weighted by molar-refractivity contribution is 14.1. The first-order chi connectivity index (χ1) is 10.1. The molecule has 0 aliphatic carbocycles. The van der Waals surface area contributed by atoms with Crippen molar-refractivity contribution < 1.29 is 4.79 Å². The van der Waals surface area contributed by atoms with Gasteiger partial charge in [-0.05, 0) is 52.9 Å². The number of halogens is 1. The van der Waals surface area contributed by atoms with Crippen LogP contribution in [-0.4, -0.2) is 15.5 Å². The van der Waals surface area contributed by atoms with Crippen molar-refractivity contribution in [3.8, 4) is 5.69 Å². The van der Waals surface area contributed by atoms with E-state index >= 15 is 0 Å². The van der Waals surface area contributed by atoms with Gasteiger partial charge in [0.05, 0.1) is 14.1 Å². The zero-order chi connectivity index (χ0) is 14.8. The first kappa shape index (κ1) is 14.1. The summed E-state index contributed by atoms with van der Waals surface area (Å²) >= 11 is 3.71. The summed E-state index contributed by atoms with van der Waals surface area (Å²) in [5.74, 6) is -0.138. The minimum absolute atomic E-state index is 0.138. The Bertz CT molecular complexity index is 832. The Balaban J connectivity index is 1.77. The molecule has 0 saturated heterocycles. The van der Waals surface area contributed by atoms with Gasteiger partial charge in [0, 0.05) is 23.5 Å². The Morgan fingerprint density at radius 3 is 2.62 bits per heavy atom. The third kappa shape index (κ3) is 3.08. The van der Waals surface area contributed by atoms with E-state index in [1.54, 1.807) is 36.7 Å². The van der Waals surface area contributed by atoms with Crippen molar-refractivity contribution >= 4 is 45.5 Å². The lowest BCUT2D eigenvalue weighted by Gasteiger charge is -2.05. The first-order valence-corrected chi connectivity index (χ1v) is 8.01. The molecule has 0 fully saturated rings. The average molecular weight is 411 g/mol. The molecule has 21 heavy (non-hydrogen) atoms. The summed E-state index contributed by atoms with van der Waals surface area (Å²) in [7, 11) is 0. The number of rotatable bonds is 3. The van der Waals surface area contributed by atoms with Gasteiger partial charge < -0.3 is 10.3 Å². The largest absolute Gasteiger partial charge is 0.330 e. The van der Waals surface area contributed by atoms with E-state index in [9.17, 15) is 9.59 Å². The standard InChI is InChI=1S/C14H10IN3O2S/c15-12-7-9(8-21-12)13(19)17-10-1-3-11(4-2-10)18-6-5-16-14(18)20/h1-8H,(H,16,20)(H,17,19). The summed E-state index contributed by atoms with van der Waals surface area (Å²) in [6.45, 7) is 0. The minimum Gasteiger partial charge on any atom is -0.322 e. The number of benzene rings is 1. The predicted octanol–water partition coefficient (Wildman–Crippen LogP) is 3.08. The van der Waals surface area contributed by atoms with Crippen LogP contribution in [0.4, 0.5) is 5.69 Å². The van der Waals surface area contributed by atoms with Crippen molar-refractivity contribution in [1.29, 1.82) is 0 Å². The highest BCUT2D eigenvalue weighted by Gasteiger charge is 2.08. The summed E-state index contributed by atoms with van der Waals surface area (Å²) in [6, 6.07) is 8.94. The molecule has 3 aromatic rings. The number of anilines is 1. The van der Waals surface area contributed by atoms with Crippen LogP contribution in [0.1, 0.15) is 10.4 Å². The molecule has 3 rings (SSSR count). The molecule has 1 amide bonds. The number of nitrogens with zero attached hydrogens (tertiary/aromatic N) is 1. The van der Waals surface area contributed by atoms with Crippen molar-refractivity contribution in [2.45, 2.75) is 0 Å². The fourth-order valence-corrected chi connectivity index (χ4v) is 3.19. The van der Waals surface area contributed by atoms with Gasteiger partial charge in [-0.3, -0.25) is 9.36 Å². The molecule has 5 nitrogen and oxygen atoms in total. The van der Waals surface area contributed by atoms with Gasteiger partial charge in [-0.25, -0.2) is 4.79 Å². The fourth-order valence-electron chi connectivity index (χ4n) is 1.86. The number of amides is 1. The van der Waals surface area contributed by atoms with Crippen LogP contribution >= 0.6 is 33.9 Å². The van der Waals surface area contributed by atoms with Gasteiger partial charge in [0.25, 0.3) is 5.91 Å². The molecule has 1 aromatic carbocycles. The van der Waals surface area contributed by atoms with E-state index in [0.29, 0.717) is 11.3 Å². The number of carbonyl (C=O) groups excluding carboxylic acids is 1. The first-order valence-electron chi connectivity index (χ1n) is 6.05. The Morgan fingerprint density at radius 1 is 1.29 bits per heavy atom. The molecule has 106 valence electrons. The maximum Gasteiger partial charge on any atom is 0.330 e. The molecule has 2 heterocycles. The maximum absolute atomic E-state index is 12.0. The SMILES string of the molecule is O=C(Nc1ccc(-n2cc[nH]c2=O)cc1)c1csc(I)c1. The number of imidazole rings is 1. The Morgan fingerprint density at radius 2 is 2.05 bits per heavy atom. The summed E-state index contributed by atoms with van der Waals surface area (Å²) in [5.41, 5.74) is 1.88. The van der Waals surface area contributed by atoms with Crippen molar-refractivity contribution in [2.24, 2.45) is 0 Å². The zero-order valence-corrected chi connectivity index (χ0v) is 13.6. The molecule has 0 bridgehead atoms. The Labute approximate surface area is 137 Å². The van der Waals surface area contributed by atoms with Crippen LogP contribution in [0.25, 0.3) is 5.69 Å². The van der Waals surface area contributed by atoms with Gasteiger partial charge in [0.15, 0.2) is 0 Å². The lowest BCUT2D eigenvalue weighted by molar-refractivity contribution is 0.102. The highest BCUT2D eigenvalue weighted by atomic mass is 127. The molecular weight excluding hydrogens is 401 g/mol. The highest BCUT2D eigenvalue weighted by Crippen LogP contribution is 2.18. The number of H-pyrrole nitrogens is 1. The van der Waals surface area contributed by atoms with Gasteiger partial charge in [0.2, 0.25) is 0 Å². The van der Waals surface area contributed by atoms with Crippen LogP contribution in [0, 0.1) is 2.88 Å². The topological polar surface area (TPSA) is 66.9 Å².